The molecule has 0 heterocycles. The van der Waals surface area contributed by atoms with Crippen molar-refractivity contribution in [3.63, 3.8) is 0 Å². The van der Waals surface area contributed by atoms with Crippen molar-refractivity contribution in [2.45, 2.75) is 12.3 Å². The first-order chi connectivity index (χ1) is 8.77. The van der Waals surface area contributed by atoms with E-state index in [9.17, 15) is 0 Å². The highest BCUT2D eigenvalue weighted by Gasteiger charge is 2.03. The van der Waals surface area contributed by atoms with Crippen LogP contribution in [-0.2, 0) is 15.4 Å². The van der Waals surface area contributed by atoms with Gasteiger partial charge in [0.2, 0.25) is 0 Å². The van der Waals surface area contributed by atoms with Gasteiger partial charge in [-0.1, -0.05) is 11.6 Å². The summed E-state index contributed by atoms with van der Waals surface area (Å²) in [5.74, 6) is 1.14. The van der Waals surface area contributed by atoms with Gasteiger partial charge in [0.05, 0.1) is 12.5 Å². The number of benzene rings is 1. The Hall–Kier alpha value is -0.480. The van der Waals surface area contributed by atoms with Crippen molar-refractivity contribution < 1.29 is 14.2 Å². The van der Waals surface area contributed by atoms with Gasteiger partial charge in [-0.15, -0.1) is 11.6 Å². The molecule has 1 aromatic carbocycles. The Bertz CT molecular complexity index is 345. The second kappa shape index (κ2) is 9.45. The summed E-state index contributed by atoms with van der Waals surface area (Å²) in [6, 6.07) is 5.42. The third-order valence-corrected chi connectivity index (χ3v) is 2.81. The normalized spacial score (nSPS) is 10.6. The van der Waals surface area contributed by atoms with E-state index in [4.69, 9.17) is 37.4 Å². The molecular weight excluding hydrogens is 275 g/mol. The molecule has 0 bridgehead atoms. The monoisotopic (exact) mass is 292 g/mol. The van der Waals surface area contributed by atoms with Crippen molar-refractivity contribution in [2.75, 3.05) is 33.5 Å². The van der Waals surface area contributed by atoms with E-state index in [1.807, 2.05) is 12.1 Å². The predicted octanol–water partition coefficient (Wildman–Crippen LogP) is 3.51. The zero-order valence-electron chi connectivity index (χ0n) is 10.5. The summed E-state index contributed by atoms with van der Waals surface area (Å²) in [6.07, 6.45) is 0.893. The first-order valence-electron chi connectivity index (χ1n) is 5.81. The fourth-order valence-corrected chi connectivity index (χ4v) is 1.81. The van der Waals surface area contributed by atoms with Gasteiger partial charge < -0.3 is 14.2 Å². The maximum atomic E-state index is 5.88. The minimum Gasteiger partial charge on any atom is -0.491 e. The van der Waals surface area contributed by atoms with Gasteiger partial charge in [0, 0.05) is 30.9 Å². The van der Waals surface area contributed by atoms with Crippen LogP contribution in [0.25, 0.3) is 0 Å². The van der Waals surface area contributed by atoms with Crippen molar-refractivity contribution in [1.29, 1.82) is 0 Å². The minimum atomic E-state index is 0.380. The average Bonchev–Trinajstić information content (AvgIpc) is 2.39. The van der Waals surface area contributed by atoms with E-state index >= 15 is 0 Å². The number of halogens is 2. The van der Waals surface area contributed by atoms with Crippen LogP contribution < -0.4 is 4.74 Å². The second-order valence-electron chi connectivity index (χ2n) is 3.69. The third kappa shape index (κ3) is 5.91. The largest absolute Gasteiger partial charge is 0.491 e. The summed E-state index contributed by atoms with van der Waals surface area (Å²) in [4.78, 5) is 0. The van der Waals surface area contributed by atoms with Crippen LogP contribution in [0.3, 0.4) is 0 Å². The van der Waals surface area contributed by atoms with Crippen molar-refractivity contribution in [1.82, 2.24) is 0 Å². The molecule has 0 atom stereocenters. The van der Waals surface area contributed by atoms with E-state index in [2.05, 4.69) is 0 Å². The SMILES string of the molecule is COCCCOCCOc1ccc(Cl)cc1CCl. The Balaban J connectivity index is 2.22. The van der Waals surface area contributed by atoms with Gasteiger partial charge in [0.1, 0.15) is 12.4 Å². The summed E-state index contributed by atoms with van der Waals surface area (Å²) in [7, 11) is 1.68. The number of ether oxygens (including phenoxy) is 3. The number of hydrogen-bond acceptors (Lipinski definition) is 3. The molecule has 0 amide bonds. The smallest absolute Gasteiger partial charge is 0.123 e. The van der Waals surface area contributed by atoms with E-state index in [0.29, 0.717) is 37.3 Å². The van der Waals surface area contributed by atoms with Crippen LogP contribution in [0.2, 0.25) is 5.02 Å². The van der Waals surface area contributed by atoms with Gasteiger partial charge in [-0.3, -0.25) is 0 Å². The van der Waals surface area contributed by atoms with E-state index in [1.54, 1.807) is 13.2 Å². The van der Waals surface area contributed by atoms with Crippen molar-refractivity contribution in [2.24, 2.45) is 0 Å². The molecule has 18 heavy (non-hydrogen) atoms. The van der Waals surface area contributed by atoms with Crippen molar-refractivity contribution in [3.05, 3.63) is 28.8 Å². The molecule has 1 aromatic rings. The first-order valence-corrected chi connectivity index (χ1v) is 6.73. The van der Waals surface area contributed by atoms with Crippen LogP contribution in [0.5, 0.6) is 5.75 Å². The Kier molecular flexibility index (Phi) is 8.18. The van der Waals surface area contributed by atoms with Gasteiger partial charge >= 0.3 is 0 Å². The van der Waals surface area contributed by atoms with Crippen LogP contribution in [0.15, 0.2) is 18.2 Å². The van der Waals surface area contributed by atoms with Gasteiger partial charge in [-0.2, -0.15) is 0 Å². The Morgan fingerprint density at radius 3 is 2.67 bits per heavy atom. The zero-order valence-corrected chi connectivity index (χ0v) is 12.0. The molecule has 0 saturated carbocycles. The highest BCUT2D eigenvalue weighted by molar-refractivity contribution is 6.30. The number of methoxy groups -OCH3 is 1. The zero-order chi connectivity index (χ0) is 13.2. The minimum absolute atomic E-state index is 0.380. The number of rotatable bonds is 9. The first kappa shape index (κ1) is 15.6. The highest BCUT2D eigenvalue weighted by atomic mass is 35.5. The lowest BCUT2D eigenvalue weighted by molar-refractivity contribution is 0.0805. The molecule has 5 heteroatoms. The van der Waals surface area contributed by atoms with Crippen LogP contribution in [0.1, 0.15) is 12.0 Å². The third-order valence-electron chi connectivity index (χ3n) is 2.29. The fourth-order valence-electron chi connectivity index (χ4n) is 1.41. The van der Waals surface area contributed by atoms with Crippen molar-refractivity contribution in [3.8, 4) is 5.75 Å². The van der Waals surface area contributed by atoms with Gasteiger partial charge in [-0.05, 0) is 24.6 Å². The molecule has 0 spiro atoms. The molecule has 102 valence electrons. The van der Waals surface area contributed by atoms with Gasteiger partial charge in [0.25, 0.3) is 0 Å². The van der Waals surface area contributed by atoms with E-state index in [1.165, 1.54) is 0 Å². The molecule has 0 unspecified atom stereocenters. The lowest BCUT2D eigenvalue weighted by atomic mass is 10.2. The maximum Gasteiger partial charge on any atom is 0.123 e. The summed E-state index contributed by atoms with van der Waals surface area (Å²) in [5, 5.41) is 0.661. The van der Waals surface area contributed by atoms with Crippen LogP contribution >= 0.6 is 23.2 Å². The molecule has 0 N–H and O–H groups in total. The number of alkyl halides is 1. The summed E-state index contributed by atoms with van der Waals surface area (Å²) in [6.45, 7) is 2.45. The molecule has 0 fully saturated rings. The quantitative estimate of drug-likeness (QED) is 0.515. The van der Waals surface area contributed by atoms with Gasteiger partial charge in [-0.25, -0.2) is 0 Å². The van der Waals surface area contributed by atoms with Gasteiger partial charge in [0.15, 0.2) is 0 Å². The fraction of sp³-hybridized carbons (Fsp3) is 0.538. The second-order valence-corrected chi connectivity index (χ2v) is 4.40. The lowest BCUT2D eigenvalue weighted by Gasteiger charge is -2.10. The molecule has 3 nitrogen and oxygen atoms in total. The summed E-state index contributed by atoms with van der Waals surface area (Å²) < 4.78 is 15.9. The summed E-state index contributed by atoms with van der Waals surface area (Å²) in [5.41, 5.74) is 0.892. The molecule has 0 aliphatic carbocycles. The molecule has 0 aliphatic rings. The van der Waals surface area contributed by atoms with E-state index < -0.39 is 0 Å². The lowest BCUT2D eigenvalue weighted by Crippen LogP contribution is -2.09. The van der Waals surface area contributed by atoms with Crippen LogP contribution in [0, 0.1) is 0 Å². The molecule has 1 rings (SSSR count). The highest BCUT2D eigenvalue weighted by Crippen LogP contribution is 2.24. The molecule has 0 radical (unpaired) electrons. The molecule has 0 aliphatic heterocycles. The Morgan fingerprint density at radius 2 is 1.94 bits per heavy atom. The van der Waals surface area contributed by atoms with Crippen molar-refractivity contribution >= 4 is 23.2 Å². The number of hydrogen-bond donors (Lipinski definition) is 0. The molecule has 0 saturated heterocycles. The average molecular weight is 293 g/mol. The standard InChI is InChI=1S/C13H18Cl2O3/c1-16-5-2-6-17-7-8-18-13-4-3-12(15)9-11(13)10-14/h3-4,9H,2,5-8,10H2,1H3. The predicted molar refractivity (Wildman–Crippen MR) is 73.8 cm³/mol. The topological polar surface area (TPSA) is 27.7 Å². The molecular formula is C13H18Cl2O3. The Labute approximate surface area is 118 Å². The van der Waals surface area contributed by atoms with E-state index in [0.717, 1.165) is 17.7 Å². The van der Waals surface area contributed by atoms with E-state index in [-0.39, 0.29) is 0 Å². The Morgan fingerprint density at radius 1 is 1.11 bits per heavy atom. The maximum absolute atomic E-state index is 5.88. The van der Waals surface area contributed by atoms with Crippen LogP contribution in [-0.4, -0.2) is 33.5 Å². The van der Waals surface area contributed by atoms with Crippen LogP contribution in [0.4, 0.5) is 0 Å². The molecule has 0 aromatic heterocycles. The summed E-state index contributed by atoms with van der Waals surface area (Å²) >= 11 is 11.7.